The maximum Gasteiger partial charge on any atom is 0.224 e. The highest BCUT2D eigenvalue weighted by Gasteiger charge is 2.16. The maximum atomic E-state index is 12.5. The van der Waals surface area contributed by atoms with E-state index < -0.39 is 0 Å². The lowest BCUT2D eigenvalue weighted by atomic mass is 10.1. The molecule has 1 aliphatic rings. The number of imidazole rings is 1. The summed E-state index contributed by atoms with van der Waals surface area (Å²) in [5, 5.41) is 4.83. The molecule has 8 heteroatoms. The highest BCUT2D eigenvalue weighted by Crippen LogP contribution is 2.31. The second-order valence-electron chi connectivity index (χ2n) is 7.13. The summed E-state index contributed by atoms with van der Waals surface area (Å²) in [7, 11) is 0. The molecule has 0 spiro atoms. The molecule has 0 saturated heterocycles. The minimum absolute atomic E-state index is 0.104. The average molecular weight is 433 g/mol. The molecule has 0 unspecified atom stereocenters. The summed E-state index contributed by atoms with van der Waals surface area (Å²) < 4.78 is 13.0. The van der Waals surface area contributed by atoms with Crippen LogP contribution >= 0.6 is 11.3 Å². The molecule has 2 aromatic carbocycles. The number of hydrogen-bond acceptors (Lipinski definition) is 6. The van der Waals surface area contributed by atoms with Gasteiger partial charge in [-0.1, -0.05) is 12.1 Å². The number of fused-ring (bicyclic) bond motifs is 2. The van der Waals surface area contributed by atoms with Crippen molar-refractivity contribution in [1.82, 2.24) is 9.38 Å². The predicted molar refractivity (Wildman–Crippen MR) is 118 cm³/mol. The van der Waals surface area contributed by atoms with Crippen molar-refractivity contribution in [2.45, 2.75) is 12.8 Å². The molecule has 31 heavy (non-hydrogen) atoms. The van der Waals surface area contributed by atoms with Crippen molar-refractivity contribution in [2.75, 3.05) is 18.5 Å². The van der Waals surface area contributed by atoms with Gasteiger partial charge < -0.3 is 14.8 Å². The van der Waals surface area contributed by atoms with E-state index >= 15 is 0 Å². The topological polar surface area (TPSA) is 81.9 Å². The fourth-order valence-electron chi connectivity index (χ4n) is 3.40. The maximum absolute atomic E-state index is 12.5. The Kier molecular flexibility index (Phi) is 5.13. The number of hydrogen-bond donors (Lipinski definition) is 1. The smallest absolute Gasteiger partial charge is 0.224 e. The van der Waals surface area contributed by atoms with Crippen molar-refractivity contribution >= 4 is 33.7 Å². The highest BCUT2D eigenvalue weighted by atomic mass is 32.1. The number of ether oxygens (including phenoxy) is 2. The lowest BCUT2D eigenvalue weighted by Crippen LogP contribution is -2.16. The molecule has 0 aliphatic carbocycles. The van der Waals surface area contributed by atoms with Gasteiger partial charge in [-0.3, -0.25) is 14.0 Å². The van der Waals surface area contributed by atoms with Gasteiger partial charge in [-0.05, 0) is 30.3 Å². The van der Waals surface area contributed by atoms with Crippen LogP contribution in [-0.2, 0) is 4.79 Å². The normalized spacial score (nSPS) is 12.6. The van der Waals surface area contributed by atoms with Gasteiger partial charge in [0.1, 0.15) is 13.2 Å². The van der Waals surface area contributed by atoms with Crippen molar-refractivity contribution in [1.29, 1.82) is 0 Å². The molecule has 1 N–H and O–H groups in total. The molecular formula is C23H19N3O4S. The van der Waals surface area contributed by atoms with E-state index in [4.69, 9.17) is 9.47 Å². The van der Waals surface area contributed by atoms with Crippen LogP contribution in [0.3, 0.4) is 0 Å². The van der Waals surface area contributed by atoms with Crippen molar-refractivity contribution in [3.8, 4) is 22.8 Å². The van der Waals surface area contributed by atoms with E-state index in [1.807, 2.05) is 46.4 Å². The standard InChI is InChI=1S/C23H19N3O4S/c27-19(16-3-7-20-21(13-16)30-11-10-29-20)6-8-22(28)24-17-4-1-15(2-5-17)18-14-26-9-12-31-23(26)25-18/h1-5,7,9,12-14H,6,8,10-11H2,(H,24,28). The summed E-state index contributed by atoms with van der Waals surface area (Å²) in [6.45, 7) is 0.965. The summed E-state index contributed by atoms with van der Waals surface area (Å²) in [5.41, 5.74) is 3.06. The van der Waals surface area contributed by atoms with Gasteiger partial charge in [-0.2, -0.15) is 0 Å². The van der Waals surface area contributed by atoms with Crippen LogP contribution in [0.15, 0.2) is 60.2 Å². The summed E-state index contributed by atoms with van der Waals surface area (Å²) in [6, 6.07) is 12.6. The van der Waals surface area contributed by atoms with Crippen LogP contribution < -0.4 is 14.8 Å². The molecule has 4 aromatic rings. The number of aromatic nitrogens is 2. The van der Waals surface area contributed by atoms with Gasteiger partial charge in [0, 0.05) is 47.4 Å². The Labute approximate surface area is 182 Å². The van der Waals surface area contributed by atoms with Crippen LogP contribution in [0.5, 0.6) is 11.5 Å². The fourth-order valence-corrected chi connectivity index (χ4v) is 4.10. The molecule has 1 amide bonds. The van der Waals surface area contributed by atoms with Crippen LogP contribution in [0.2, 0.25) is 0 Å². The number of Topliss-reactive ketones (excluding diaryl/α,β-unsaturated/α-hetero) is 1. The molecule has 2 aromatic heterocycles. The first-order chi connectivity index (χ1) is 15.2. The molecule has 1 aliphatic heterocycles. The monoisotopic (exact) mass is 433 g/mol. The minimum Gasteiger partial charge on any atom is -0.486 e. The van der Waals surface area contributed by atoms with Crippen LogP contribution in [-0.4, -0.2) is 34.3 Å². The van der Waals surface area contributed by atoms with Crippen molar-refractivity contribution < 1.29 is 19.1 Å². The van der Waals surface area contributed by atoms with E-state index in [-0.39, 0.29) is 24.5 Å². The van der Waals surface area contributed by atoms with E-state index in [1.54, 1.807) is 29.5 Å². The average Bonchev–Trinajstić information content (AvgIpc) is 3.40. The van der Waals surface area contributed by atoms with Crippen LogP contribution in [0, 0.1) is 0 Å². The number of amides is 1. The first-order valence-corrected chi connectivity index (χ1v) is 10.8. The third-order valence-electron chi connectivity index (χ3n) is 5.00. The fraction of sp³-hybridized carbons (Fsp3) is 0.174. The Morgan fingerprint density at radius 2 is 1.84 bits per heavy atom. The van der Waals surface area contributed by atoms with E-state index in [0.29, 0.717) is 36.0 Å². The van der Waals surface area contributed by atoms with Gasteiger partial charge in [0.15, 0.2) is 22.2 Å². The summed E-state index contributed by atoms with van der Waals surface area (Å²) in [5.74, 6) is 0.891. The third kappa shape index (κ3) is 4.15. The van der Waals surface area contributed by atoms with Gasteiger partial charge in [0.05, 0.1) is 5.69 Å². The SMILES string of the molecule is O=C(CCC(=O)c1ccc2c(c1)OCCO2)Nc1ccc(-c2cn3ccsc3n2)cc1. The zero-order valence-corrected chi connectivity index (χ0v) is 17.4. The molecular weight excluding hydrogens is 414 g/mol. The number of nitrogens with zero attached hydrogens (tertiary/aromatic N) is 2. The van der Waals surface area contributed by atoms with E-state index in [2.05, 4.69) is 10.3 Å². The first kappa shape index (κ1) is 19.3. The van der Waals surface area contributed by atoms with E-state index in [9.17, 15) is 9.59 Å². The summed E-state index contributed by atoms with van der Waals surface area (Å²) in [6.07, 6.45) is 4.17. The second kappa shape index (κ2) is 8.23. The molecule has 0 fully saturated rings. The first-order valence-electron chi connectivity index (χ1n) is 9.91. The van der Waals surface area contributed by atoms with Crippen LogP contribution in [0.25, 0.3) is 16.2 Å². The predicted octanol–water partition coefficient (Wildman–Crippen LogP) is 4.44. The summed E-state index contributed by atoms with van der Waals surface area (Å²) >= 11 is 1.58. The van der Waals surface area contributed by atoms with Gasteiger partial charge in [0.25, 0.3) is 0 Å². The Hall–Kier alpha value is -3.65. The van der Waals surface area contributed by atoms with Crippen LogP contribution in [0.4, 0.5) is 5.69 Å². The van der Waals surface area contributed by atoms with Crippen LogP contribution in [0.1, 0.15) is 23.2 Å². The molecule has 5 rings (SSSR count). The molecule has 156 valence electrons. The number of carbonyl (C=O) groups excluding carboxylic acids is 2. The number of anilines is 1. The van der Waals surface area contributed by atoms with Gasteiger partial charge in [-0.15, -0.1) is 11.3 Å². The largest absolute Gasteiger partial charge is 0.486 e. The van der Waals surface area contributed by atoms with Gasteiger partial charge in [0.2, 0.25) is 5.91 Å². The third-order valence-corrected chi connectivity index (χ3v) is 5.77. The zero-order chi connectivity index (χ0) is 21.2. The Morgan fingerprint density at radius 3 is 2.65 bits per heavy atom. The lowest BCUT2D eigenvalue weighted by molar-refractivity contribution is -0.116. The van der Waals surface area contributed by atoms with E-state index in [0.717, 1.165) is 16.2 Å². The number of thiazole rings is 1. The molecule has 0 radical (unpaired) electrons. The number of rotatable bonds is 6. The summed E-state index contributed by atoms with van der Waals surface area (Å²) in [4.78, 5) is 30.3. The lowest BCUT2D eigenvalue weighted by Gasteiger charge is -2.18. The quantitative estimate of drug-likeness (QED) is 0.455. The zero-order valence-electron chi connectivity index (χ0n) is 16.5. The van der Waals surface area contributed by atoms with E-state index in [1.165, 1.54) is 0 Å². The molecule has 0 atom stereocenters. The van der Waals surface area contributed by atoms with Crippen molar-refractivity contribution in [2.24, 2.45) is 0 Å². The number of nitrogens with one attached hydrogen (secondary N) is 1. The highest BCUT2D eigenvalue weighted by molar-refractivity contribution is 7.15. The van der Waals surface area contributed by atoms with Gasteiger partial charge >= 0.3 is 0 Å². The molecule has 3 heterocycles. The van der Waals surface area contributed by atoms with Gasteiger partial charge in [-0.25, -0.2) is 4.98 Å². The molecule has 7 nitrogen and oxygen atoms in total. The number of carbonyl (C=O) groups is 2. The van der Waals surface area contributed by atoms with Crippen molar-refractivity contribution in [3.05, 3.63) is 65.8 Å². The second-order valence-corrected chi connectivity index (χ2v) is 8.00. The van der Waals surface area contributed by atoms with Crippen molar-refractivity contribution in [3.63, 3.8) is 0 Å². The minimum atomic E-state index is -0.207. The Morgan fingerprint density at radius 1 is 1.03 bits per heavy atom. The number of ketones is 1. The number of benzene rings is 2. The molecule has 0 bridgehead atoms. The Balaban J connectivity index is 1.17. The Bertz CT molecular complexity index is 1230. The molecule has 0 saturated carbocycles.